The third kappa shape index (κ3) is 4.56. The molecule has 0 radical (unpaired) electrons. The highest BCUT2D eigenvalue weighted by Gasteiger charge is 2.06. The maximum Gasteiger partial charge on any atom is 0.304 e. The number of carbonyl (C=O) groups is 1. The molecule has 0 spiro atoms. The number of rotatable bonds is 6. The fraction of sp³-hybridized carbons (Fsp3) is 0.455. The van der Waals surface area contributed by atoms with Crippen LogP contribution in [0.25, 0.3) is 0 Å². The molecule has 1 heterocycles. The van der Waals surface area contributed by atoms with Gasteiger partial charge in [-0.3, -0.25) is 14.7 Å². The van der Waals surface area contributed by atoms with E-state index in [1.165, 1.54) is 0 Å². The van der Waals surface area contributed by atoms with Gasteiger partial charge in [0.1, 0.15) is 0 Å². The van der Waals surface area contributed by atoms with Gasteiger partial charge in [0.2, 0.25) is 0 Å². The largest absolute Gasteiger partial charge is 0.481 e. The summed E-state index contributed by atoms with van der Waals surface area (Å²) in [6.07, 6.45) is 1.93. The molecule has 0 atom stereocenters. The second-order valence-electron chi connectivity index (χ2n) is 3.33. The molecule has 1 aromatic rings. The second kappa shape index (κ2) is 6.14. The molecule has 4 heteroatoms. The lowest BCUT2D eigenvalue weighted by atomic mass is 10.3. The van der Waals surface area contributed by atoms with Gasteiger partial charge in [0.15, 0.2) is 0 Å². The molecule has 1 N–H and O–H groups in total. The van der Waals surface area contributed by atoms with Gasteiger partial charge in [0, 0.05) is 19.3 Å². The predicted octanol–water partition coefficient (Wildman–Crippen LogP) is 1.38. The Labute approximate surface area is 89.6 Å². The molecule has 4 nitrogen and oxygen atoms in total. The Hall–Kier alpha value is -1.42. The SMILES string of the molecule is CCN(CCC(=O)O)Cc1ccccn1. The molecule has 0 saturated heterocycles. The lowest BCUT2D eigenvalue weighted by Crippen LogP contribution is -2.26. The van der Waals surface area contributed by atoms with E-state index in [-0.39, 0.29) is 6.42 Å². The maximum atomic E-state index is 10.4. The van der Waals surface area contributed by atoms with E-state index in [9.17, 15) is 4.79 Å². The number of aliphatic carboxylic acids is 1. The fourth-order valence-corrected chi connectivity index (χ4v) is 1.32. The van der Waals surface area contributed by atoms with Gasteiger partial charge in [-0.1, -0.05) is 13.0 Å². The summed E-state index contributed by atoms with van der Waals surface area (Å²) >= 11 is 0. The van der Waals surface area contributed by atoms with E-state index in [4.69, 9.17) is 5.11 Å². The van der Waals surface area contributed by atoms with E-state index in [2.05, 4.69) is 9.88 Å². The van der Waals surface area contributed by atoms with Crippen molar-refractivity contribution in [3.8, 4) is 0 Å². The summed E-state index contributed by atoms with van der Waals surface area (Å²) in [5, 5.41) is 8.58. The molecule has 0 aliphatic heterocycles. The van der Waals surface area contributed by atoms with Gasteiger partial charge in [-0.25, -0.2) is 0 Å². The summed E-state index contributed by atoms with van der Waals surface area (Å²) in [4.78, 5) is 16.7. The number of hydrogen-bond acceptors (Lipinski definition) is 3. The normalized spacial score (nSPS) is 10.5. The zero-order valence-electron chi connectivity index (χ0n) is 8.89. The third-order valence-corrected chi connectivity index (χ3v) is 2.20. The molecular formula is C11H16N2O2. The van der Waals surface area contributed by atoms with Crippen molar-refractivity contribution in [2.75, 3.05) is 13.1 Å². The lowest BCUT2D eigenvalue weighted by Gasteiger charge is -2.18. The van der Waals surface area contributed by atoms with Gasteiger partial charge in [0.25, 0.3) is 0 Å². The average molecular weight is 208 g/mol. The smallest absolute Gasteiger partial charge is 0.304 e. The summed E-state index contributed by atoms with van der Waals surface area (Å²) in [6, 6.07) is 5.76. The number of hydrogen-bond donors (Lipinski definition) is 1. The van der Waals surface area contributed by atoms with Crippen molar-refractivity contribution in [3.63, 3.8) is 0 Å². The van der Waals surface area contributed by atoms with Crippen LogP contribution in [0.2, 0.25) is 0 Å². The molecule has 82 valence electrons. The van der Waals surface area contributed by atoms with Crippen LogP contribution in [0.5, 0.6) is 0 Å². The van der Waals surface area contributed by atoms with Crippen LogP contribution in [0, 0.1) is 0 Å². The van der Waals surface area contributed by atoms with Crippen molar-refractivity contribution in [3.05, 3.63) is 30.1 Å². The highest BCUT2D eigenvalue weighted by Crippen LogP contribution is 2.01. The van der Waals surface area contributed by atoms with Crippen molar-refractivity contribution in [2.24, 2.45) is 0 Å². The Bertz CT molecular complexity index is 301. The summed E-state index contributed by atoms with van der Waals surface area (Å²) in [6.45, 7) is 4.14. The van der Waals surface area contributed by atoms with E-state index in [0.717, 1.165) is 12.2 Å². The van der Waals surface area contributed by atoms with Crippen LogP contribution < -0.4 is 0 Å². The first-order chi connectivity index (χ1) is 7.22. The van der Waals surface area contributed by atoms with Crippen LogP contribution in [0.3, 0.4) is 0 Å². The standard InChI is InChI=1S/C11H16N2O2/c1-2-13(8-6-11(14)15)9-10-5-3-4-7-12-10/h3-5,7H,2,6,8-9H2,1H3,(H,14,15). The Balaban J connectivity index is 2.43. The number of nitrogens with zero attached hydrogens (tertiary/aromatic N) is 2. The Morgan fingerprint density at radius 3 is 2.87 bits per heavy atom. The van der Waals surface area contributed by atoms with Gasteiger partial charge in [-0.15, -0.1) is 0 Å². The molecule has 1 aromatic heterocycles. The molecular weight excluding hydrogens is 192 g/mol. The predicted molar refractivity (Wildman–Crippen MR) is 57.4 cm³/mol. The maximum absolute atomic E-state index is 10.4. The first kappa shape index (κ1) is 11.7. The summed E-state index contributed by atoms with van der Waals surface area (Å²) in [7, 11) is 0. The zero-order chi connectivity index (χ0) is 11.1. The first-order valence-electron chi connectivity index (χ1n) is 5.06. The minimum atomic E-state index is -0.755. The molecule has 0 saturated carbocycles. The quantitative estimate of drug-likeness (QED) is 0.767. The topological polar surface area (TPSA) is 53.4 Å². The van der Waals surface area contributed by atoms with Crippen LogP contribution in [0.1, 0.15) is 19.0 Å². The van der Waals surface area contributed by atoms with Crippen molar-refractivity contribution in [2.45, 2.75) is 19.9 Å². The molecule has 0 aliphatic carbocycles. The molecule has 0 aromatic carbocycles. The highest BCUT2D eigenvalue weighted by atomic mass is 16.4. The van der Waals surface area contributed by atoms with Crippen molar-refractivity contribution >= 4 is 5.97 Å². The van der Waals surface area contributed by atoms with Crippen LogP contribution >= 0.6 is 0 Å². The second-order valence-corrected chi connectivity index (χ2v) is 3.33. The first-order valence-corrected chi connectivity index (χ1v) is 5.06. The van der Waals surface area contributed by atoms with Gasteiger partial charge < -0.3 is 5.11 Å². The van der Waals surface area contributed by atoms with E-state index in [0.29, 0.717) is 13.1 Å². The van der Waals surface area contributed by atoms with E-state index < -0.39 is 5.97 Å². The summed E-state index contributed by atoms with van der Waals surface area (Å²) in [5.74, 6) is -0.755. The molecule has 1 rings (SSSR count). The average Bonchev–Trinajstić information content (AvgIpc) is 2.25. The van der Waals surface area contributed by atoms with Crippen molar-refractivity contribution < 1.29 is 9.90 Å². The Morgan fingerprint density at radius 2 is 2.33 bits per heavy atom. The van der Waals surface area contributed by atoms with Crippen LogP contribution in [0.15, 0.2) is 24.4 Å². The van der Waals surface area contributed by atoms with Crippen molar-refractivity contribution in [1.82, 2.24) is 9.88 Å². The highest BCUT2D eigenvalue weighted by molar-refractivity contribution is 5.66. The monoisotopic (exact) mass is 208 g/mol. The van der Waals surface area contributed by atoms with Gasteiger partial charge in [-0.2, -0.15) is 0 Å². The minimum Gasteiger partial charge on any atom is -0.481 e. The molecule has 0 fully saturated rings. The zero-order valence-corrected chi connectivity index (χ0v) is 8.89. The number of pyridine rings is 1. The molecule has 0 aliphatic rings. The van der Waals surface area contributed by atoms with Gasteiger partial charge in [0.05, 0.1) is 12.1 Å². The summed E-state index contributed by atoms with van der Waals surface area (Å²) in [5.41, 5.74) is 0.977. The van der Waals surface area contributed by atoms with Gasteiger partial charge >= 0.3 is 5.97 Å². The third-order valence-electron chi connectivity index (χ3n) is 2.20. The minimum absolute atomic E-state index is 0.181. The molecule has 0 amide bonds. The molecule has 0 unspecified atom stereocenters. The fourth-order valence-electron chi connectivity index (χ4n) is 1.32. The number of carboxylic acid groups (broad SMARTS) is 1. The van der Waals surface area contributed by atoms with E-state index in [1.54, 1.807) is 6.20 Å². The van der Waals surface area contributed by atoms with Crippen LogP contribution in [0.4, 0.5) is 0 Å². The number of aromatic nitrogens is 1. The van der Waals surface area contributed by atoms with Crippen LogP contribution in [-0.2, 0) is 11.3 Å². The van der Waals surface area contributed by atoms with Gasteiger partial charge in [-0.05, 0) is 18.7 Å². The van der Waals surface area contributed by atoms with Crippen LogP contribution in [-0.4, -0.2) is 34.0 Å². The summed E-state index contributed by atoms with van der Waals surface area (Å²) < 4.78 is 0. The molecule has 15 heavy (non-hydrogen) atoms. The van der Waals surface area contributed by atoms with E-state index >= 15 is 0 Å². The number of carboxylic acids is 1. The Morgan fingerprint density at radius 1 is 1.53 bits per heavy atom. The van der Waals surface area contributed by atoms with Crippen molar-refractivity contribution in [1.29, 1.82) is 0 Å². The lowest BCUT2D eigenvalue weighted by molar-refractivity contribution is -0.137. The Kier molecular flexibility index (Phi) is 4.77. The van der Waals surface area contributed by atoms with E-state index in [1.807, 2.05) is 25.1 Å². The molecule has 0 bridgehead atoms.